The fourth-order valence-electron chi connectivity index (χ4n) is 2.31. The molecule has 158 valence electrons. The van der Waals surface area contributed by atoms with E-state index in [0.29, 0.717) is 5.56 Å². The lowest BCUT2D eigenvalue weighted by molar-refractivity contribution is -0.137. The first-order valence-corrected chi connectivity index (χ1v) is 10.5. The van der Waals surface area contributed by atoms with Gasteiger partial charge in [-0.3, -0.25) is 19.2 Å². The van der Waals surface area contributed by atoms with E-state index < -0.39 is 23.7 Å². The molecular weight excluding hydrogens is 430 g/mol. The number of H-pyrrole nitrogens is 1. The summed E-state index contributed by atoms with van der Waals surface area (Å²) < 4.78 is 4.56. The number of amides is 3. The number of amidine groups is 1. The lowest BCUT2D eigenvalue weighted by atomic mass is 10.1. The number of aliphatic imine (C=N–C) groups is 1. The maximum absolute atomic E-state index is 12.4. The van der Waals surface area contributed by atoms with E-state index in [1.165, 1.54) is 7.11 Å². The number of methoxy groups -OCH3 is 1. The fourth-order valence-corrected chi connectivity index (χ4v) is 3.58. The van der Waals surface area contributed by atoms with Crippen LogP contribution in [-0.2, 0) is 9.53 Å². The minimum Gasteiger partial charge on any atom is -0.468 e. The summed E-state index contributed by atoms with van der Waals surface area (Å²) in [5, 5.41) is 2.90. The van der Waals surface area contributed by atoms with E-state index in [-0.39, 0.29) is 32.9 Å². The van der Waals surface area contributed by atoms with Gasteiger partial charge in [0, 0.05) is 5.56 Å². The summed E-state index contributed by atoms with van der Waals surface area (Å²) in [5.41, 5.74) is 10.8. The Bertz CT molecular complexity index is 1000. The van der Waals surface area contributed by atoms with Crippen LogP contribution in [0.15, 0.2) is 40.4 Å². The van der Waals surface area contributed by atoms with Crippen molar-refractivity contribution in [3.8, 4) is 0 Å². The Balaban J connectivity index is 2.44. The van der Waals surface area contributed by atoms with Crippen LogP contribution < -0.4 is 16.8 Å². The second-order valence-electron chi connectivity index (χ2n) is 5.59. The molecule has 0 saturated heterocycles. The molecule has 0 aliphatic rings. The van der Waals surface area contributed by atoms with Gasteiger partial charge in [0.1, 0.15) is 5.82 Å². The fraction of sp³-hybridized carbons (Fsp3) is 0.167. The van der Waals surface area contributed by atoms with Gasteiger partial charge in [-0.15, -0.1) is 0 Å². The van der Waals surface area contributed by atoms with Gasteiger partial charge >= 0.3 is 5.97 Å². The van der Waals surface area contributed by atoms with Crippen molar-refractivity contribution in [1.82, 2.24) is 10.3 Å². The highest BCUT2D eigenvalue weighted by molar-refractivity contribution is 8.13. The normalized spacial score (nSPS) is 11.1. The molecule has 0 bridgehead atoms. The molecule has 0 spiro atoms. The minimum atomic E-state index is -0.946. The highest BCUT2D eigenvalue weighted by atomic mass is 32.2. The molecule has 6 N–H and O–H groups in total. The number of hydrogen-bond donors (Lipinski definition) is 4. The number of primary amides is 2. The Morgan fingerprint density at radius 1 is 1.10 bits per heavy atom. The van der Waals surface area contributed by atoms with Crippen molar-refractivity contribution in [2.24, 2.45) is 16.5 Å². The Kier molecular flexibility index (Phi) is 8.07. The van der Waals surface area contributed by atoms with Gasteiger partial charge in [-0.1, -0.05) is 41.7 Å². The predicted octanol–water partition coefficient (Wildman–Crippen LogP) is 1.26. The molecule has 0 aliphatic carbocycles. The summed E-state index contributed by atoms with van der Waals surface area (Å²) in [7, 11) is 1.22. The van der Waals surface area contributed by atoms with Crippen molar-refractivity contribution in [3.63, 3.8) is 0 Å². The minimum absolute atomic E-state index is 0.0682. The average molecular weight is 450 g/mol. The first-order valence-electron chi connectivity index (χ1n) is 8.32. The molecule has 30 heavy (non-hydrogen) atoms. The zero-order valence-corrected chi connectivity index (χ0v) is 17.7. The number of carbonyl (C=O) groups is 4. The summed E-state index contributed by atoms with van der Waals surface area (Å²) in [4.78, 5) is 54.7. The zero-order valence-electron chi connectivity index (χ0n) is 16.1. The van der Waals surface area contributed by atoms with Crippen LogP contribution >= 0.6 is 23.5 Å². The number of benzene rings is 1. The number of hydrogen-bond acceptors (Lipinski definition) is 8. The number of esters is 1. The van der Waals surface area contributed by atoms with Gasteiger partial charge in [0.2, 0.25) is 0 Å². The third-order valence-corrected chi connectivity index (χ3v) is 5.22. The van der Waals surface area contributed by atoms with Gasteiger partial charge < -0.3 is 26.5 Å². The second-order valence-corrected chi connectivity index (χ2v) is 7.37. The number of aromatic nitrogens is 1. The molecule has 0 unspecified atom stereocenters. The standard InChI is InChI=1S/C18H19N5O5S2/c1-28-10(24)8-30-17-12(14(20)26)11(13(19)25)15(21-17)22-18(29-2)23-16(27)9-6-4-3-5-7-9/h3-7,21H,8H2,1-2H3,(H2,19,25)(H2,20,26)(H,22,23,27). The molecule has 1 aromatic heterocycles. The Morgan fingerprint density at radius 3 is 2.27 bits per heavy atom. The van der Waals surface area contributed by atoms with Gasteiger partial charge in [0.15, 0.2) is 5.17 Å². The van der Waals surface area contributed by atoms with Crippen LogP contribution in [0.5, 0.6) is 0 Å². The van der Waals surface area contributed by atoms with Crippen LogP contribution in [0.4, 0.5) is 5.82 Å². The number of ether oxygens (including phenoxy) is 1. The molecule has 0 atom stereocenters. The number of nitrogens with one attached hydrogen (secondary N) is 2. The van der Waals surface area contributed by atoms with E-state index in [0.717, 1.165) is 23.5 Å². The van der Waals surface area contributed by atoms with E-state index in [2.05, 4.69) is 20.0 Å². The van der Waals surface area contributed by atoms with Crippen LogP contribution in [-0.4, -0.2) is 53.0 Å². The molecule has 0 aliphatic heterocycles. The van der Waals surface area contributed by atoms with Crippen LogP contribution in [0, 0.1) is 0 Å². The monoisotopic (exact) mass is 449 g/mol. The summed E-state index contributed by atoms with van der Waals surface area (Å²) in [6.07, 6.45) is 1.67. The van der Waals surface area contributed by atoms with Crippen molar-refractivity contribution in [3.05, 3.63) is 47.0 Å². The smallest absolute Gasteiger partial charge is 0.316 e. The van der Waals surface area contributed by atoms with Crippen molar-refractivity contribution in [2.75, 3.05) is 19.1 Å². The quantitative estimate of drug-likeness (QED) is 0.213. The molecule has 0 radical (unpaired) electrons. The molecular formula is C18H19N5O5S2. The van der Waals surface area contributed by atoms with Crippen LogP contribution in [0.25, 0.3) is 0 Å². The highest BCUT2D eigenvalue weighted by Crippen LogP contribution is 2.32. The summed E-state index contributed by atoms with van der Waals surface area (Å²) in [6.45, 7) is 0. The maximum Gasteiger partial charge on any atom is 0.316 e. The van der Waals surface area contributed by atoms with Crippen molar-refractivity contribution in [1.29, 1.82) is 0 Å². The predicted molar refractivity (Wildman–Crippen MR) is 115 cm³/mol. The van der Waals surface area contributed by atoms with Gasteiger partial charge in [-0.05, 0) is 18.4 Å². The molecule has 2 rings (SSSR count). The maximum atomic E-state index is 12.4. The lowest BCUT2D eigenvalue weighted by Crippen LogP contribution is -2.28. The third-order valence-electron chi connectivity index (χ3n) is 3.66. The van der Waals surface area contributed by atoms with E-state index in [9.17, 15) is 19.2 Å². The summed E-state index contributed by atoms with van der Waals surface area (Å²) in [5.74, 6) is -3.03. The molecule has 1 heterocycles. The molecule has 12 heteroatoms. The number of nitrogens with two attached hydrogens (primary N) is 2. The van der Waals surface area contributed by atoms with Gasteiger partial charge in [0.25, 0.3) is 17.7 Å². The average Bonchev–Trinajstić information content (AvgIpc) is 3.10. The molecule has 0 saturated carbocycles. The van der Waals surface area contributed by atoms with Crippen molar-refractivity contribution < 1.29 is 23.9 Å². The van der Waals surface area contributed by atoms with E-state index in [4.69, 9.17) is 11.5 Å². The topological polar surface area (TPSA) is 170 Å². The largest absolute Gasteiger partial charge is 0.468 e. The number of thioether (sulfide) groups is 2. The van der Waals surface area contributed by atoms with E-state index in [1.807, 2.05) is 0 Å². The lowest BCUT2D eigenvalue weighted by Gasteiger charge is -2.06. The Hall–Kier alpha value is -3.25. The Labute approximate surface area is 180 Å². The van der Waals surface area contributed by atoms with Crippen molar-refractivity contribution >= 4 is 58.2 Å². The first kappa shape index (κ1) is 23.0. The second kappa shape index (κ2) is 10.5. The number of aromatic amines is 1. The number of carbonyl (C=O) groups excluding carboxylic acids is 4. The number of rotatable bonds is 7. The van der Waals surface area contributed by atoms with E-state index in [1.54, 1.807) is 36.6 Å². The third kappa shape index (κ3) is 5.64. The van der Waals surface area contributed by atoms with Gasteiger partial charge in [0.05, 0.1) is 29.0 Å². The SMILES string of the molecule is COC(=O)CSc1[nH]c(/N=C(/NC(=O)c2ccccc2)SC)c(C(N)=O)c1C(N)=O. The molecule has 10 nitrogen and oxygen atoms in total. The Morgan fingerprint density at radius 2 is 1.73 bits per heavy atom. The summed E-state index contributed by atoms with van der Waals surface area (Å²) in [6, 6.07) is 8.46. The molecule has 1 aromatic carbocycles. The number of nitrogens with zero attached hydrogens (tertiary/aromatic N) is 1. The molecule has 0 fully saturated rings. The van der Waals surface area contributed by atoms with Crippen LogP contribution in [0.2, 0.25) is 0 Å². The van der Waals surface area contributed by atoms with Crippen LogP contribution in [0.1, 0.15) is 31.1 Å². The van der Waals surface area contributed by atoms with E-state index >= 15 is 0 Å². The summed E-state index contributed by atoms with van der Waals surface area (Å²) >= 11 is 2.01. The zero-order chi connectivity index (χ0) is 22.3. The van der Waals surface area contributed by atoms with Crippen LogP contribution in [0.3, 0.4) is 0 Å². The molecule has 3 amide bonds. The van der Waals surface area contributed by atoms with Crippen molar-refractivity contribution in [2.45, 2.75) is 5.03 Å². The molecule has 2 aromatic rings. The first-order chi connectivity index (χ1) is 14.3. The van der Waals surface area contributed by atoms with Gasteiger partial charge in [-0.25, -0.2) is 4.99 Å². The highest BCUT2D eigenvalue weighted by Gasteiger charge is 2.26. The van der Waals surface area contributed by atoms with Gasteiger partial charge in [-0.2, -0.15) is 0 Å².